The van der Waals surface area contributed by atoms with Crippen molar-refractivity contribution in [1.82, 2.24) is 0 Å². The number of rotatable bonds is 3. The van der Waals surface area contributed by atoms with Crippen LogP contribution in [0, 0.1) is 6.92 Å². The van der Waals surface area contributed by atoms with E-state index >= 15 is 0 Å². The van der Waals surface area contributed by atoms with E-state index in [4.69, 9.17) is 0 Å². The van der Waals surface area contributed by atoms with Crippen molar-refractivity contribution in [1.29, 1.82) is 0 Å². The summed E-state index contributed by atoms with van der Waals surface area (Å²) in [7, 11) is -6.94. The molecule has 0 heterocycles. The average Bonchev–Trinajstić information content (AvgIpc) is 2.58. The van der Waals surface area contributed by atoms with Gasteiger partial charge in [-0.05, 0) is 43.3 Å². The van der Waals surface area contributed by atoms with Gasteiger partial charge >= 0.3 is 0 Å². The van der Waals surface area contributed by atoms with E-state index in [2.05, 4.69) is 0 Å². The molecule has 0 amide bonds. The second kappa shape index (κ2) is 12.7. The summed E-state index contributed by atoms with van der Waals surface area (Å²) < 4.78 is 47.4. The molecule has 0 bridgehead atoms. The predicted octanol–water partition coefficient (Wildman–Crippen LogP) is 5.56. The van der Waals surface area contributed by atoms with Crippen molar-refractivity contribution in [2.75, 3.05) is 6.26 Å². The van der Waals surface area contributed by atoms with Gasteiger partial charge in [0.2, 0.25) is 9.84 Å². The molecule has 2 aromatic carbocycles. The summed E-state index contributed by atoms with van der Waals surface area (Å²) in [5.41, 5.74) is 0.969. The first-order valence-corrected chi connectivity index (χ1v) is 11.2. The summed E-state index contributed by atoms with van der Waals surface area (Å²) in [6, 6.07) is 11.7. The standard InChI is InChI=1S/C14H14O4S2.2C2H6.2CH4/c1-11-3-5-13(6-4-11)20(17,18)14-9-7-12(8-10-14)19(2,15)16;2*1-2;;/h3-10H,1-2H3;2*1-2H3;2*1H4. The highest BCUT2D eigenvalue weighted by Gasteiger charge is 2.18. The Balaban J connectivity index is -0.000000824. The Morgan fingerprint density at radius 1 is 0.577 bits per heavy atom. The van der Waals surface area contributed by atoms with Crippen molar-refractivity contribution in [2.45, 2.75) is 64.2 Å². The zero-order chi connectivity index (χ0) is 19.0. The van der Waals surface area contributed by atoms with Crippen molar-refractivity contribution in [3.8, 4) is 0 Å². The normalized spacial score (nSPS) is 9.92. The van der Waals surface area contributed by atoms with Gasteiger partial charge in [0.25, 0.3) is 0 Å². The van der Waals surface area contributed by atoms with Crippen LogP contribution in [0.3, 0.4) is 0 Å². The van der Waals surface area contributed by atoms with Crippen molar-refractivity contribution >= 4 is 19.7 Å². The average molecular weight is 403 g/mol. The minimum absolute atomic E-state index is 0. The van der Waals surface area contributed by atoms with Crippen LogP contribution >= 0.6 is 0 Å². The highest BCUT2D eigenvalue weighted by atomic mass is 32.2. The Morgan fingerprint density at radius 2 is 0.846 bits per heavy atom. The third-order valence-corrected chi connectivity index (χ3v) is 5.81. The predicted molar refractivity (Wildman–Crippen MR) is 112 cm³/mol. The summed E-state index contributed by atoms with van der Waals surface area (Å²) in [4.78, 5) is 0.365. The topological polar surface area (TPSA) is 68.3 Å². The Morgan fingerprint density at radius 3 is 1.15 bits per heavy atom. The molecule has 0 saturated carbocycles. The van der Waals surface area contributed by atoms with Gasteiger partial charge in [-0.2, -0.15) is 0 Å². The number of hydrogen-bond donors (Lipinski definition) is 0. The molecule has 4 nitrogen and oxygen atoms in total. The number of benzene rings is 2. The smallest absolute Gasteiger partial charge is 0.206 e. The van der Waals surface area contributed by atoms with Crippen LogP contribution in [0.4, 0.5) is 0 Å². The van der Waals surface area contributed by atoms with Gasteiger partial charge in [-0.15, -0.1) is 0 Å². The van der Waals surface area contributed by atoms with Crippen LogP contribution in [0.1, 0.15) is 48.1 Å². The summed E-state index contributed by atoms with van der Waals surface area (Å²) in [6.07, 6.45) is 1.08. The SMILES string of the molecule is C.C.CC.CC.Cc1ccc(S(=O)(=O)c2ccc(S(C)(=O)=O)cc2)cc1. The Bertz CT molecular complexity index is 818. The zero-order valence-corrected chi connectivity index (χ0v) is 16.7. The van der Waals surface area contributed by atoms with Crippen LogP contribution in [0.15, 0.2) is 63.2 Å². The van der Waals surface area contributed by atoms with Crippen LogP contribution in [0.2, 0.25) is 0 Å². The van der Waals surface area contributed by atoms with E-state index in [1.54, 1.807) is 12.1 Å². The highest BCUT2D eigenvalue weighted by molar-refractivity contribution is 7.91. The van der Waals surface area contributed by atoms with Crippen LogP contribution in [-0.4, -0.2) is 23.1 Å². The molecule has 0 saturated heterocycles. The quantitative estimate of drug-likeness (QED) is 0.674. The maximum Gasteiger partial charge on any atom is 0.206 e. The summed E-state index contributed by atoms with van der Waals surface area (Å²) >= 11 is 0. The molecule has 0 aliphatic rings. The van der Waals surface area contributed by atoms with Crippen LogP contribution < -0.4 is 0 Å². The summed E-state index contributed by atoms with van der Waals surface area (Å²) in [6.45, 7) is 9.87. The largest absolute Gasteiger partial charge is 0.224 e. The molecule has 0 spiro atoms. The highest BCUT2D eigenvalue weighted by Crippen LogP contribution is 2.22. The zero-order valence-electron chi connectivity index (χ0n) is 15.1. The molecule has 0 radical (unpaired) electrons. The fraction of sp³-hybridized carbons (Fsp3) is 0.400. The molecular weight excluding hydrogens is 368 g/mol. The molecule has 0 aliphatic carbocycles. The van der Waals surface area contributed by atoms with Gasteiger partial charge < -0.3 is 0 Å². The summed E-state index contributed by atoms with van der Waals surface area (Å²) in [5.74, 6) is 0. The minimum Gasteiger partial charge on any atom is -0.224 e. The third-order valence-electron chi connectivity index (χ3n) is 2.89. The van der Waals surface area contributed by atoms with Gasteiger partial charge in [0.15, 0.2) is 9.84 Å². The minimum atomic E-state index is -3.61. The van der Waals surface area contributed by atoms with E-state index in [1.165, 1.54) is 36.4 Å². The van der Waals surface area contributed by atoms with Gasteiger partial charge in [-0.1, -0.05) is 60.2 Å². The van der Waals surface area contributed by atoms with E-state index in [-0.39, 0.29) is 29.5 Å². The molecule has 150 valence electrons. The molecule has 0 N–H and O–H groups in total. The third kappa shape index (κ3) is 7.70. The van der Waals surface area contributed by atoms with E-state index in [0.29, 0.717) is 0 Å². The van der Waals surface area contributed by atoms with Crippen molar-refractivity contribution in [2.24, 2.45) is 0 Å². The van der Waals surface area contributed by atoms with Gasteiger partial charge in [-0.3, -0.25) is 0 Å². The second-order valence-electron chi connectivity index (χ2n) is 4.56. The molecule has 2 aromatic rings. The summed E-state index contributed by atoms with van der Waals surface area (Å²) in [5, 5.41) is 0. The molecule has 0 atom stereocenters. The Labute approximate surface area is 161 Å². The lowest BCUT2D eigenvalue weighted by Crippen LogP contribution is -2.03. The number of aryl methyl sites for hydroxylation is 1. The fourth-order valence-electron chi connectivity index (χ4n) is 1.72. The van der Waals surface area contributed by atoms with Crippen molar-refractivity contribution in [3.05, 3.63) is 54.1 Å². The molecular formula is C20H34O4S2. The lowest BCUT2D eigenvalue weighted by atomic mass is 10.2. The first-order valence-electron chi connectivity index (χ1n) is 7.83. The first-order chi connectivity index (χ1) is 11.2. The van der Waals surface area contributed by atoms with Gasteiger partial charge in [0.1, 0.15) is 0 Å². The first kappa shape index (κ1) is 29.1. The Hall–Kier alpha value is -1.66. The van der Waals surface area contributed by atoms with Crippen LogP contribution in [0.5, 0.6) is 0 Å². The molecule has 6 heteroatoms. The van der Waals surface area contributed by atoms with Crippen molar-refractivity contribution in [3.63, 3.8) is 0 Å². The molecule has 0 unspecified atom stereocenters. The van der Waals surface area contributed by atoms with Crippen molar-refractivity contribution < 1.29 is 16.8 Å². The maximum absolute atomic E-state index is 12.4. The Kier molecular flexibility index (Phi) is 14.2. The lowest BCUT2D eigenvalue weighted by molar-refractivity contribution is 0.594. The van der Waals surface area contributed by atoms with E-state index in [0.717, 1.165) is 11.8 Å². The molecule has 0 fully saturated rings. The van der Waals surface area contributed by atoms with Gasteiger partial charge in [0.05, 0.1) is 14.7 Å². The maximum atomic E-state index is 12.4. The number of hydrogen-bond acceptors (Lipinski definition) is 4. The van der Waals surface area contributed by atoms with E-state index < -0.39 is 19.7 Å². The fourth-order valence-corrected chi connectivity index (χ4v) is 3.61. The lowest BCUT2D eigenvalue weighted by Gasteiger charge is -2.06. The molecule has 2 rings (SSSR count). The molecule has 0 aliphatic heterocycles. The van der Waals surface area contributed by atoms with E-state index in [1.807, 2.05) is 34.6 Å². The molecule has 26 heavy (non-hydrogen) atoms. The van der Waals surface area contributed by atoms with Crippen LogP contribution in [0.25, 0.3) is 0 Å². The molecule has 0 aromatic heterocycles. The van der Waals surface area contributed by atoms with Crippen LogP contribution in [-0.2, 0) is 19.7 Å². The van der Waals surface area contributed by atoms with E-state index in [9.17, 15) is 16.8 Å². The van der Waals surface area contributed by atoms with Gasteiger partial charge in [0, 0.05) is 6.26 Å². The number of sulfone groups is 2. The van der Waals surface area contributed by atoms with Gasteiger partial charge in [-0.25, -0.2) is 16.8 Å². The second-order valence-corrected chi connectivity index (χ2v) is 8.53. The monoisotopic (exact) mass is 402 g/mol.